The molecule has 0 radical (unpaired) electrons. The first kappa shape index (κ1) is 26.2. The van der Waals surface area contributed by atoms with Crippen LogP contribution in [0.2, 0.25) is 0 Å². The van der Waals surface area contributed by atoms with Crippen LogP contribution in [-0.4, -0.2) is 98.2 Å². The van der Waals surface area contributed by atoms with Crippen LogP contribution < -0.4 is 11.1 Å². The summed E-state index contributed by atoms with van der Waals surface area (Å²) < 4.78 is 6.12. The van der Waals surface area contributed by atoms with Crippen molar-refractivity contribution in [1.29, 1.82) is 0 Å². The molecule has 3 heterocycles. The van der Waals surface area contributed by atoms with Gasteiger partial charge in [0.25, 0.3) is 0 Å². The number of benzene rings is 1. The van der Waals surface area contributed by atoms with Crippen LogP contribution in [0.5, 0.6) is 0 Å². The van der Waals surface area contributed by atoms with E-state index in [1.165, 1.54) is 5.56 Å². The van der Waals surface area contributed by atoms with E-state index < -0.39 is 0 Å². The molecule has 8 nitrogen and oxygen atoms in total. The molecule has 3 fully saturated rings. The van der Waals surface area contributed by atoms with Gasteiger partial charge in [0.1, 0.15) is 0 Å². The number of amides is 1. The Morgan fingerprint density at radius 3 is 2.79 bits per heavy atom. The third kappa shape index (κ3) is 7.03. The van der Waals surface area contributed by atoms with Gasteiger partial charge in [-0.1, -0.05) is 30.3 Å². The fraction of sp³-hybridized carbons (Fsp3) is 0.667. The summed E-state index contributed by atoms with van der Waals surface area (Å²) in [7, 11) is 1.86. The smallest absolute Gasteiger partial charge is 0.221 e. The zero-order chi connectivity index (χ0) is 22.3. The highest BCUT2D eigenvalue weighted by Crippen LogP contribution is 2.24. The molecule has 33 heavy (non-hydrogen) atoms. The first-order chi connectivity index (χ1) is 15.6. The maximum absolute atomic E-state index is 11.5. The maximum atomic E-state index is 11.5. The molecule has 1 aromatic rings. The van der Waals surface area contributed by atoms with E-state index in [9.17, 15) is 4.79 Å². The van der Waals surface area contributed by atoms with Gasteiger partial charge in [0, 0.05) is 46.3 Å². The first-order valence-corrected chi connectivity index (χ1v) is 12.0. The third-order valence-electron chi connectivity index (χ3n) is 7.00. The van der Waals surface area contributed by atoms with Crippen molar-refractivity contribution in [1.82, 2.24) is 20.0 Å². The molecule has 0 saturated carbocycles. The lowest BCUT2D eigenvalue weighted by Gasteiger charge is -2.36. The molecule has 3 N–H and O–H groups in total. The van der Waals surface area contributed by atoms with Gasteiger partial charge in [-0.3, -0.25) is 14.7 Å². The number of hydrogen-bond donors (Lipinski definition) is 2. The average Bonchev–Trinajstić information content (AvgIpc) is 3.25. The Hall–Kier alpha value is -1.43. The van der Waals surface area contributed by atoms with Gasteiger partial charge in [-0.2, -0.15) is 0 Å². The predicted octanol–water partition coefficient (Wildman–Crippen LogP) is 1.35. The fourth-order valence-corrected chi connectivity index (χ4v) is 5.27. The lowest BCUT2D eigenvalue weighted by atomic mass is 9.97. The number of aliphatic imine (C=N–C) groups is 1. The van der Waals surface area contributed by atoms with Crippen molar-refractivity contribution < 1.29 is 9.53 Å². The maximum Gasteiger partial charge on any atom is 0.221 e. The van der Waals surface area contributed by atoms with Gasteiger partial charge in [-0.25, -0.2) is 0 Å². The standard InChI is InChI=1S/C24H38N6O2.HI/c1-26-24(27-10-6-12-28-11-5-9-20(16-28)23(25)31)30-17-21-22(18-30)32-14-13-29(21)15-19-7-3-2-4-8-19;/h2-4,7-8,20-22H,5-6,9-18H2,1H3,(H2,25,31)(H,26,27);1H. The quantitative estimate of drug-likeness (QED) is 0.223. The largest absolute Gasteiger partial charge is 0.373 e. The van der Waals surface area contributed by atoms with E-state index in [0.717, 1.165) is 84.2 Å². The van der Waals surface area contributed by atoms with Crippen LogP contribution in [0.25, 0.3) is 0 Å². The van der Waals surface area contributed by atoms with E-state index in [-0.39, 0.29) is 41.9 Å². The molecule has 3 aliphatic rings. The molecule has 3 saturated heterocycles. The zero-order valence-electron chi connectivity index (χ0n) is 19.7. The highest BCUT2D eigenvalue weighted by atomic mass is 127. The van der Waals surface area contributed by atoms with Crippen LogP contribution in [0.4, 0.5) is 0 Å². The van der Waals surface area contributed by atoms with Crippen molar-refractivity contribution in [3.63, 3.8) is 0 Å². The molecule has 184 valence electrons. The van der Waals surface area contributed by atoms with Gasteiger partial charge in [0.15, 0.2) is 5.96 Å². The van der Waals surface area contributed by atoms with Gasteiger partial charge in [-0.15, -0.1) is 24.0 Å². The molecule has 3 atom stereocenters. The number of fused-ring (bicyclic) bond motifs is 1. The molecule has 1 aromatic carbocycles. The number of likely N-dealkylation sites (tertiary alicyclic amines) is 2. The molecule has 0 bridgehead atoms. The highest BCUT2D eigenvalue weighted by Gasteiger charge is 2.41. The number of hydrogen-bond acceptors (Lipinski definition) is 5. The topological polar surface area (TPSA) is 86.4 Å². The number of carbonyl (C=O) groups is 1. The second kappa shape index (κ2) is 12.9. The molecule has 3 aliphatic heterocycles. The fourth-order valence-electron chi connectivity index (χ4n) is 5.27. The van der Waals surface area contributed by atoms with Gasteiger partial charge in [0.05, 0.1) is 24.7 Å². The van der Waals surface area contributed by atoms with E-state index in [4.69, 9.17) is 10.5 Å². The summed E-state index contributed by atoms with van der Waals surface area (Å²) in [5, 5.41) is 3.54. The van der Waals surface area contributed by atoms with Gasteiger partial charge in [0.2, 0.25) is 5.91 Å². The summed E-state index contributed by atoms with van der Waals surface area (Å²) in [5.41, 5.74) is 6.85. The molecular formula is C24H39IN6O2. The van der Waals surface area contributed by atoms with Crippen LogP contribution in [-0.2, 0) is 16.1 Å². The minimum absolute atomic E-state index is 0. The van der Waals surface area contributed by atoms with Crippen LogP contribution in [0.15, 0.2) is 35.3 Å². The molecule has 9 heteroatoms. The second-order valence-electron chi connectivity index (χ2n) is 9.21. The zero-order valence-corrected chi connectivity index (χ0v) is 22.0. The number of guanidine groups is 1. The van der Waals surface area contributed by atoms with E-state index >= 15 is 0 Å². The van der Waals surface area contributed by atoms with E-state index in [1.54, 1.807) is 0 Å². The van der Waals surface area contributed by atoms with E-state index in [1.807, 2.05) is 7.05 Å². The Morgan fingerprint density at radius 1 is 1.21 bits per heavy atom. The van der Waals surface area contributed by atoms with Crippen LogP contribution in [0, 0.1) is 5.92 Å². The number of carbonyl (C=O) groups excluding carboxylic acids is 1. The normalized spacial score (nSPS) is 26.5. The van der Waals surface area contributed by atoms with Crippen LogP contribution in [0.3, 0.4) is 0 Å². The summed E-state index contributed by atoms with van der Waals surface area (Å²) >= 11 is 0. The van der Waals surface area contributed by atoms with Crippen molar-refractivity contribution in [3.05, 3.63) is 35.9 Å². The lowest BCUT2D eigenvalue weighted by molar-refractivity contribution is -0.123. The molecule has 0 aromatic heterocycles. The average molecular weight is 571 g/mol. The molecule has 0 spiro atoms. The summed E-state index contributed by atoms with van der Waals surface area (Å²) in [6.45, 7) is 8.24. The van der Waals surface area contributed by atoms with E-state index in [2.05, 4.69) is 55.3 Å². The summed E-state index contributed by atoms with van der Waals surface area (Å²) in [5.74, 6) is 0.805. The SMILES string of the molecule is CN=C(NCCCN1CCCC(C(N)=O)C1)N1CC2OCCN(Cc3ccccc3)C2C1.I. The van der Waals surface area contributed by atoms with Gasteiger partial charge < -0.3 is 25.6 Å². The highest BCUT2D eigenvalue weighted by molar-refractivity contribution is 14.0. The molecule has 1 amide bonds. The number of morpholine rings is 1. The molecule has 0 aliphatic carbocycles. The number of piperidine rings is 1. The summed E-state index contributed by atoms with van der Waals surface area (Å²) in [6, 6.07) is 11.1. The number of nitrogens with one attached hydrogen (secondary N) is 1. The van der Waals surface area contributed by atoms with Crippen molar-refractivity contribution >= 4 is 35.8 Å². The monoisotopic (exact) mass is 570 g/mol. The van der Waals surface area contributed by atoms with Crippen molar-refractivity contribution in [2.75, 3.05) is 59.5 Å². The number of nitrogens with two attached hydrogens (primary N) is 1. The van der Waals surface area contributed by atoms with Gasteiger partial charge >= 0.3 is 0 Å². The van der Waals surface area contributed by atoms with Crippen LogP contribution in [0.1, 0.15) is 24.8 Å². The van der Waals surface area contributed by atoms with Gasteiger partial charge in [-0.05, 0) is 37.9 Å². The van der Waals surface area contributed by atoms with Crippen molar-refractivity contribution in [3.8, 4) is 0 Å². The lowest BCUT2D eigenvalue weighted by Crippen LogP contribution is -2.50. The predicted molar refractivity (Wildman–Crippen MR) is 142 cm³/mol. The number of rotatable bonds is 7. The van der Waals surface area contributed by atoms with Crippen molar-refractivity contribution in [2.45, 2.75) is 38.0 Å². The van der Waals surface area contributed by atoms with Crippen molar-refractivity contribution in [2.24, 2.45) is 16.6 Å². The summed E-state index contributed by atoms with van der Waals surface area (Å²) in [4.78, 5) is 23.3. The summed E-state index contributed by atoms with van der Waals surface area (Å²) in [6.07, 6.45) is 3.22. The number of ether oxygens (including phenoxy) is 1. The minimum Gasteiger partial charge on any atom is -0.373 e. The third-order valence-corrected chi connectivity index (χ3v) is 7.00. The number of primary amides is 1. The minimum atomic E-state index is -0.160. The Balaban J connectivity index is 0.00000306. The Morgan fingerprint density at radius 2 is 2.03 bits per heavy atom. The Bertz CT molecular complexity index is 779. The molecular weight excluding hydrogens is 531 g/mol. The Labute approximate surface area is 214 Å². The number of nitrogens with zero attached hydrogens (tertiary/aromatic N) is 4. The van der Waals surface area contributed by atoms with E-state index in [0.29, 0.717) is 6.04 Å². The second-order valence-corrected chi connectivity index (χ2v) is 9.21. The molecule has 4 rings (SSSR count). The Kier molecular flexibility index (Phi) is 10.2. The first-order valence-electron chi connectivity index (χ1n) is 12.0. The van der Waals surface area contributed by atoms with Crippen LogP contribution >= 0.6 is 24.0 Å². The number of halogens is 1. The molecule has 3 unspecified atom stereocenters.